The highest BCUT2D eigenvalue weighted by Crippen LogP contribution is 2.18. The van der Waals surface area contributed by atoms with Gasteiger partial charge in [-0.2, -0.15) is 0 Å². The minimum Gasteiger partial charge on any atom is -0.323 e. The molecule has 4 nitrogen and oxygen atoms in total. The van der Waals surface area contributed by atoms with Crippen LogP contribution in [0.2, 0.25) is 0 Å². The fourth-order valence-electron chi connectivity index (χ4n) is 1.28. The number of nitrogens with one attached hydrogen (secondary N) is 2. The van der Waals surface area contributed by atoms with Gasteiger partial charge in [-0.3, -0.25) is 10.1 Å². The van der Waals surface area contributed by atoms with Gasteiger partial charge in [-0.05, 0) is 12.8 Å². The molecule has 1 rings (SSSR count). The van der Waals surface area contributed by atoms with Crippen LogP contribution in [0.25, 0.3) is 0 Å². The van der Waals surface area contributed by atoms with E-state index in [1.54, 1.807) is 0 Å². The van der Waals surface area contributed by atoms with E-state index in [-0.39, 0.29) is 11.9 Å². The maximum Gasteiger partial charge on any atom is 0.322 e. The number of imide groups is 1. The molecule has 0 bridgehead atoms. The molecule has 0 aromatic rings. The van der Waals surface area contributed by atoms with E-state index in [1.165, 1.54) is 0 Å². The molecule has 1 fully saturated rings. The molecule has 0 aromatic heterocycles. The lowest BCUT2D eigenvalue weighted by Crippen LogP contribution is -2.45. The number of hydrogen-bond acceptors (Lipinski definition) is 2. The summed E-state index contributed by atoms with van der Waals surface area (Å²) < 4.78 is 0. The summed E-state index contributed by atoms with van der Waals surface area (Å²) in [5.74, 6) is -0.201. The first kappa shape index (κ1) is 8.04. The molecule has 0 aliphatic carbocycles. The summed E-state index contributed by atoms with van der Waals surface area (Å²) in [5.41, 5.74) is -0.642. The quantitative estimate of drug-likeness (QED) is 0.566. The monoisotopic (exact) mass is 155 g/mol. The summed E-state index contributed by atoms with van der Waals surface area (Å²) in [4.78, 5) is 21.9. The van der Waals surface area contributed by atoms with Gasteiger partial charge in [-0.15, -0.1) is 0 Å². The molecule has 11 heavy (non-hydrogen) atoms. The van der Waals surface area contributed by atoms with Gasteiger partial charge in [0, 0.05) is 0 Å². The fraction of sp³-hybridized carbons (Fsp3) is 0.714. The average Bonchev–Trinajstić information content (AvgIpc) is 2.27. The van der Waals surface area contributed by atoms with Gasteiger partial charge in [0.05, 0.1) is 0 Å². The van der Waals surface area contributed by atoms with Gasteiger partial charge in [-0.25, -0.2) is 4.79 Å². The van der Waals surface area contributed by atoms with Crippen LogP contribution in [0, 0.1) is 0 Å². The van der Waals surface area contributed by atoms with Gasteiger partial charge >= 0.3 is 6.03 Å². The molecule has 0 radical (unpaired) electrons. The Morgan fingerprint density at radius 2 is 1.82 bits per heavy atom. The Morgan fingerprint density at radius 1 is 1.27 bits per heavy atom. The van der Waals surface area contributed by atoms with Gasteiger partial charge in [0.15, 0.2) is 0 Å². The molecule has 0 aromatic carbocycles. The van der Waals surface area contributed by atoms with E-state index >= 15 is 0 Å². The van der Waals surface area contributed by atoms with E-state index in [9.17, 15) is 9.59 Å². The van der Waals surface area contributed by atoms with Crippen LogP contribution in [0.5, 0.6) is 0 Å². The van der Waals surface area contributed by atoms with Crippen molar-refractivity contribution in [1.82, 2.24) is 10.6 Å². The summed E-state index contributed by atoms with van der Waals surface area (Å²) in [6.07, 6.45) is 1.28. The smallest absolute Gasteiger partial charge is 0.322 e. The van der Waals surface area contributed by atoms with E-state index in [2.05, 4.69) is 10.6 Å². The van der Waals surface area contributed by atoms with E-state index in [0.29, 0.717) is 12.8 Å². The zero-order chi connectivity index (χ0) is 8.48. The maximum absolute atomic E-state index is 11.2. The van der Waals surface area contributed by atoms with Crippen molar-refractivity contribution in [2.75, 3.05) is 0 Å². The Hall–Kier alpha value is -1.06. The lowest BCUT2D eigenvalue weighted by molar-refractivity contribution is -0.124. The molecule has 1 heterocycles. The fourth-order valence-corrected chi connectivity index (χ4v) is 1.28. The predicted molar refractivity (Wildman–Crippen MR) is 40.0 cm³/mol. The molecule has 1 aliphatic heterocycles. The lowest BCUT2D eigenvalue weighted by Gasteiger charge is -2.21. The van der Waals surface area contributed by atoms with Gasteiger partial charge in [0.25, 0.3) is 5.91 Å². The number of hydrogen-bond donors (Lipinski definition) is 2. The van der Waals surface area contributed by atoms with Crippen molar-refractivity contribution in [2.45, 2.75) is 32.2 Å². The van der Waals surface area contributed by atoms with Gasteiger partial charge in [0.1, 0.15) is 5.54 Å². The third-order valence-electron chi connectivity index (χ3n) is 2.22. The highest BCUT2D eigenvalue weighted by molar-refractivity contribution is 6.06. The largest absolute Gasteiger partial charge is 0.323 e. The van der Waals surface area contributed by atoms with Gasteiger partial charge in [-0.1, -0.05) is 13.8 Å². The van der Waals surface area contributed by atoms with Crippen LogP contribution in [0.15, 0.2) is 0 Å². The van der Waals surface area contributed by atoms with Crippen molar-refractivity contribution in [2.24, 2.45) is 0 Å². The van der Waals surface area contributed by atoms with E-state index < -0.39 is 5.54 Å². The highest BCUT2D eigenvalue weighted by atomic mass is 16.2. The molecule has 0 spiro atoms. The summed E-state index contributed by atoms with van der Waals surface area (Å²) >= 11 is 0. The van der Waals surface area contributed by atoms with Crippen LogP contribution >= 0.6 is 0 Å². The van der Waals surface area contributed by atoms with Crippen molar-refractivity contribution in [3.05, 3.63) is 0 Å². The normalized spacial score (nSPS) is 21.3. The molecule has 4 heteroatoms. The molecule has 3 amide bonds. The van der Waals surface area contributed by atoms with Crippen molar-refractivity contribution in [1.29, 1.82) is 0 Å². The molecule has 62 valence electrons. The van der Waals surface area contributed by atoms with Crippen LogP contribution in [0.1, 0.15) is 26.7 Å². The number of urea groups is 1. The Morgan fingerprint density at radius 3 is 2.00 bits per heavy atom. The maximum atomic E-state index is 11.2. The second kappa shape index (κ2) is 2.53. The minimum atomic E-state index is -0.642. The average molecular weight is 155 g/mol. The Bertz CT molecular complexity index is 197. The molecular formula is C7H12N2O2. The molecule has 0 unspecified atom stereocenters. The van der Waals surface area contributed by atoms with Crippen molar-refractivity contribution in [3.8, 4) is 0 Å². The Kier molecular flexibility index (Phi) is 1.85. The van der Waals surface area contributed by atoms with Crippen molar-refractivity contribution < 1.29 is 9.59 Å². The van der Waals surface area contributed by atoms with E-state index in [0.717, 1.165) is 0 Å². The Balaban J connectivity index is 2.84. The number of carbonyl (C=O) groups is 2. The van der Waals surface area contributed by atoms with Gasteiger partial charge in [0.2, 0.25) is 0 Å². The predicted octanol–water partition coefficient (Wildman–Crippen LogP) is 0.385. The molecule has 0 saturated carbocycles. The van der Waals surface area contributed by atoms with Crippen molar-refractivity contribution >= 4 is 11.9 Å². The third-order valence-corrected chi connectivity index (χ3v) is 2.22. The SMILES string of the molecule is CCC1(CC)NC(=O)N[11C]1=O. The van der Waals surface area contributed by atoms with Crippen molar-refractivity contribution in [3.63, 3.8) is 0 Å². The number of amides is 3. The second-order valence-electron chi connectivity index (χ2n) is 2.70. The van der Waals surface area contributed by atoms with E-state index in [4.69, 9.17) is 0 Å². The lowest BCUT2D eigenvalue weighted by atomic mass is 9.71. The zero-order valence-electron chi connectivity index (χ0n) is 6.73. The van der Waals surface area contributed by atoms with Crippen LogP contribution in [0.3, 0.4) is 0 Å². The van der Waals surface area contributed by atoms with Crippen LogP contribution in [-0.4, -0.2) is 17.5 Å². The highest BCUT2D eigenvalue weighted by Gasteiger charge is 2.42. The summed E-state index contributed by atoms with van der Waals surface area (Å²) in [6.45, 7) is 3.77. The van der Waals surface area contributed by atoms with Crippen LogP contribution in [0.4, 0.5) is 4.79 Å². The standard InChI is InChI=1S/C7H12N2O2/c1-3-7(4-2)5(10)8-6(11)9-7/h3-4H2,1-2H3,(H2,8,9,10,11)/i5-1. The summed E-state index contributed by atoms with van der Waals surface area (Å²) in [6, 6.07) is -0.376. The second-order valence-corrected chi connectivity index (χ2v) is 2.70. The first-order chi connectivity index (χ1) is 5.14. The first-order valence-corrected chi connectivity index (χ1v) is 3.78. The number of rotatable bonds is 2. The third kappa shape index (κ3) is 1.08. The first-order valence-electron chi connectivity index (χ1n) is 3.78. The molecule has 0 atom stereocenters. The van der Waals surface area contributed by atoms with Crippen LogP contribution in [-0.2, 0) is 4.79 Å². The molecular weight excluding hydrogens is 143 g/mol. The molecule has 2 N–H and O–H groups in total. The van der Waals surface area contributed by atoms with E-state index in [1.807, 2.05) is 13.8 Å². The molecule has 1 aliphatic rings. The number of carbonyl (C=O) groups excluding carboxylic acids is 2. The zero-order valence-corrected chi connectivity index (χ0v) is 6.73. The molecule has 1 saturated heterocycles. The van der Waals surface area contributed by atoms with Crippen LogP contribution < -0.4 is 10.6 Å². The summed E-state index contributed by atoms with van der Waals surface area (Å²) in [5, 5.41) is 4.84. The Labute approximate surface area is 65.3 Å². The minimum absolute atomic E-state index is 0.201. The van der Waals surface area contributed by atoms with Gasteiger partial charge < -0.3 is 5.32 Å². The topological polar surface area (TPSA) is 58.2 Å². The summed E-state index contributed by atoms with van der Waals surface area (Å²) in [7, 11) is 0.